The molecular formula is C25H29FN4O5S. The quantitative estimate of drug-likeness (QED) is 0.500. The van der Waals surface area contributed by atoms with E-state index >= 15 is 0 Å². The summed E-state index contributed by atoms with van der Waals surface area (Å²) in [6, 6.07) is 7.90. The van der Waals surface area contributed by atoms with Gasteiger partial charge in [-0.15, -0.1) is 0 Å². The topological polar surface area (TPSA) is 104 Å². The van der Waals surface area contributed by atoms with Crippen molar-refractivity contribution in [2.24, 2.45) is 4.36 Å². The predicted molar refractivity (Wildman–Crippen MR) is 135 cm³/mol. The number of ether oxygens (including phenoxy) is 4. The first-order chi connectivity index (χ1) is 17.2. The molecule has 4 atom stereocenters. The summed E-state index contributed by atoms with van der Waals surface area (Å²) in [5.74, 6) is 0.423. The summed E-state index contributed by atoms with van der Waals surface area (Å²) in [6.07, 6.45) is 3.54. The maximum atomic E-state index is 14.2. The second kappa shape index (κ2) is 9.89. The first kappa shape index (κ1) is 24.8. The first-order valence-electron chi connectivity index (χ1n) is 11.7. The van der Waals surface area contributed by atoms with Crippen molar-refractivity contribution in [3.63, 3.8) is 0 Å². The number of halogens is 1. The normalized spacial score (nSPS) is 23.6. The van der Waals surface area contributed by atoms with Crippen LogP contribution in [0.5, 0.6) is 5.75 Å². The minimum absolute atomic E-state index is 0.139. The Kier molecular flexibility index (Phi) is 6.82. The molecule has 5 rings (SSSR count). The Morgan fingerprint density at radius 3 is 2.64 bits per heavy atom. The van der Waals surface area contributed by atoms with Crippen LogP contribution in [0.2, 0.25) is 0 Å². The zero-order valence-electron chi connectivity index (χ0n) is 20.6. The van der Waals surface area contributed by atoms with E-state index in [4.69, 9.17) is 18.9 Å². The molecule has 9 nitrogen and oxygen atoms in total. The SMILES string of the molecule is CCO[C@@H]1CO[C@H]2C1OC[C@H]2Oc1cc(F)ccc1Nc1ncnc2cc(N=S(C)(C)=O)cc(C)c12. The number of anilines is 2. The Labute approximate surface area is 209 Å². The molecule has 0 radical (unpaired) electrons. The molecule has 1 unspecified atom stereocenters. The molecule has 0 bridgehead atoms. The molecule has 2 fully saturated rings. The van der Waals surface area contributed by atoms with Crippen LogP contribution in [0.4, 0.5) is 21.6 Å². The van der Waals surface area contributed by atoms with Gasteiger partial charge in [0.25, 0.3) is 0 Å². The van der Waals surface area contributed by atoms with Crippen molar-refractivity contribution in [3.8, 4) is 5.75 Å². The number of nitrogens with zero attached hydrogens (tertiary/aromatic N) is 3. The van der Waals surface area contributed by atoms with E-state index in [1.165, 1.54) is 18.5 Å². The zero-order chi connectivity index (χ0) is 25.4. The van der Waals surface area contributed by atoms with Gasteiger partial charge in [-0.05, 0) is 43.7 Å². The van der Waals surface area contributed by atoms with Crippen molar-refractivity contribution in [3.05, 3.63) is 48.0 Å². The van der Waals surface area contributed by atoms with E-state index in [-0.39, 0.29) is 18.3 Å². The fraction of sp³-hybridized carbons (Fsp3) is 0.440. The Hall–Kier alpha value is -2.86. The molecule has 2 aromatic carbocycles. The van der Waals surface area contributed by atoms with Gasteiger partial charge in [0.15, 0.2) is 6.10 Å². The largest absolute Gasteiger partial charge is 0.483 e. The Balaban J connectivity index is 1.44. The molecule has 0 saturated carbocycles. The van der Waals surface area contributed by atoms with Gasteiger partial charge < -0.3 is 24.3 Å². The van der Waals surface area contributed by atoms with Gasteiger partial charge in [0, 0.05) is 40.3 Å². The number of aromatic nitrogens is 2. The molecule has 1 N–H and O–H groups in total. The average molecular weight is 517 g/mol. The Bertz CT molecular complexity index is 1400. The molecule has 36 heavy (non-hydrogen) atoms. The minimum atomic E-state index is -2.32. The van der Waals surface area contributed by atoms with Gasteiger partial charge in [0.1, 0.15) is 42.0 Å². The van der Waals surface area contributed by atoms with Crippen LogP contribution in [-0.4, -0.2) is 70.9 Å². The van der Waals surface area contributed by atoms with Gasteiger partial charge in [-0.25, -0.2) is 18.6 Å². The van der Waals surface area contributed by atoms with Gasteiger partial charge >= 0.3 is 0 Å². The van der Waals surface area contributed by atoms with Crippen molar-refractivity contribution in [2.45, 2.75) is 38.3 Å². The number of fused-ring (bicyclic) bond motifs is 2. The maximum Gasteiger partial charge on any atom is 0.151 e. The number of hydrogen-bond donors (Lipinski definition) is 1. The highest BCUT2D eigenvalue weighted by Crippen LogP contribution is 2.37. The van der Waals surface area contributed by atoms with E-state index in [0.29, 0.717) is 48.3 Å². The van der Waals surface area contributed by atoms with E-state index in [9.17, 15) is 8.60 Å². The lowest BCUT2D eigenvalue weighted by atomic mass is 10.1. The highest BCUT2D eigenvalue weighted by molar-refractivity contribution is 7.92. The molecule has 0 amide bonds. The highest BCUT2D eigenvalue weighted by Gasteiger charge is 2.49. The third kappa shape index (κ3) is 5.15. The summed E-state index contributed by atoms with van der Waals surface area (Å²) in [6.45, 7) is 5.16. The number of rotatable bonds is 7. The number of aryl methyl sites for hydroxylation is 1. The molecule has 1 aromatic heterocycles. The van der Waals surface area contributed by atoms with Gasteiger partial charge in [-0.2, -0.15) is 4.36 Å². The summed E-state index contributed by atoms with van der Waals surface area (Å²) in [5.41, 5.74) is 2.63. The van der Waals surface area contributed by atoms with Crippen LogP contribution in [0, 0.1) is 12.7 Å². The monoisotopic (exact) mass is 516 g/mol. The average Bonchev–Trinajstić information content (AvgIpc) is 3.38. The molecule has 3 aromatic rings. The molecule has 2 saturated heterocycles. The number of nitrogens with one attached hydrogen (secondary N) is 1. The molecule has 192 valence electrons. The third-order valence-corrected chi connectivity index (χ3v) is 6.71. The number of hydrogen-bond acceptors (Lipinski definition) is 9. The lowest BCUT2D eigenvalue weighted by molar-refractivity contribution is -0.0309. The molecule has 11 heteroatoms. The molecule has 0 spiro atoms. The second-order valence-electron chi connectivity index (χ2n) is 9.16. The summed E-state index contributed by atoms with van der Waals surface area (Å²) in [7, 11) is -2.32. The van der Waals surface area contributed by atoms with E-state index in [1.807, 2.05) is 19.9 Å². The minimum Gasteiger partial charge on any atom is -0.483 e. The summed E-state index contributed by atoms with van der Waals surface area (Å²) in [5, 5.41) is 4.05. The Morgan fingerprint density at radius 1 is 1.14 bits per heavy atom. The van der Waals surface area contributed by atoms with Crippen LogP contribution in [0.25, 0.3) is 10.9 Å². The standard InChI is InChI=1S/C25H29FN4O5S/c1-5-32-20-11-33-24-21(12-34-23(20)24)35-19-9-15(26)6-7-17(19)29-25-22-14(2)8-16(30-36(3,4)31)10-18(22)27-13-28-25/h6-10,13,20-21,23-24H,5,11-12H2,1-4H3,(H,27,28,29)/t20-,21-,23?,24-/m1/s1. The van der Waals surface area contributed by atoms with Crippen LogP contribution in [0.15, 0.2) is 41.0 Å². The van der Waals surface area contributed by atoms with Gasteiger partial charge in [0.05, 0.1) is 30.1 Å². The van der Waals surface area contributed by atoms with E-state index < -0.39 is 21.7 Å². The van der Waals surface area contributed by atoms with Gasteiger partial charge in [-0.3, -0.25) is 0 Å². The molecule has 2 aliphatic heterocycles. The summed E-state index contributed by atoms with van der Waals surface area (Å²) < 4.78 is 54.4. The molecular weight excluding hydrogens is 487 g/mol. The van der Waals surface area contributed by atoms with Crippen LogP contribution >= 0.6 is 0 Å². The summed E-state index contributed by atoms with van der Waals surface area (Å²) >= 11 is 0. The maximum absolute atomic E-state index is 14.2. The molecule has 0 aliphatic carbocycles. The molecule has 3 heterocycles. The first-order valence-corrected chi connectivity index (χ1v) is 14.1. The van der Waals surface area contributed by atoms with Crippen molar-refractivity contribution in [1.82, 2.24) is 9.97 Å². The molecule has 2 aliphatic rings. The number of benzene rings is 2. The van der Waals surface area contributed by atoms with Gasteiger partial charge in [0.2, 0.25) is 0 Å². The lowest BCUT2D eigenvalue weighted by Crippen LogP contribution is -2.35. The predicted octanol–water partition coefficient (Wildman–Crippen LogP) is 4.13. The highest BCUT2D eigenvalue weighted by atomic mass is 32.2. The van der Waals surface area contributed by atoms with E-state index in [1.54, 1.807) is 24.6 Å². The second-order valence-corrected chi connectivity index (χ2v) is 11.7. The van der Waals surface area contributed by atoms with Crippen LogP contribution in [0.1, 0.15) is 12.5 Å². The van der Waals surface area contributed by atoms with E-state index in [2.05, 4.69) is 19.6 Å². The fourth-order valence-corrected chi connectivity index (χ4v) is 5.26. The van der Waals surface area contributed by atoms with Crippen LogP contribution in [-0.2, 0) is 23.9 Å². The van der Waals surface area contributed by atoms with Gasteiger partial charge in [-0.1, -0.05) is 0 Å². The third-order valence-electron chi connectivity index (χ3n) is 6.06. The van der Waals surface area contributed by atoms with Crippen molar-refractivity contribution in [2.75, 3.05) is 37.6 Å². The smallest absolute Gasteiger partial charge is 0.151 e. The zero-order valence-corrected chi connectivity index (χ0v) is 21.4. The summed E-state index contributed by atoms with van der Waals surface area (Å²) in [4.78, 5) is 8.79. The van der Waals surface area contributed by atoms with Crippen molar-refractivity contribution in [1.29, 1.82) is 0 Å². The van der Waals surface area contributed by atoms with Crippen molar-refractivity contribution >= 4 is 37.8 Å². The lowest BCUT2D eigenvalue weighted by Gasteiger charge is -2.21. The van der Waals surface area contributed by atoms with Crippen molar-refractivity contribution < 1.29 is 27.5 Å². The van der Waals surface area contributed by atoms with E-state index in [0.717, 1.165) is 10.9 Å². The fourth-order valence-electron chi connectivity index (χ4n) is 4.65. The van der Waals surface area contributed by atoms with Crippen LogP contribution < -0.4 is 10.1 Å². The van der Waals surface area contributed by atoms with Crippen LogP contribution in [0.3, 0.4) is 0 Å². The Morgan fingerprint density at radius 2 is 1.89 bits per heavy atom.